The molecule has 0 aliphatic carbocycles. The lowest BCUT2D eigenvalue weighted by molar-refractivity contribution is -0.141. The summed E-state index contributed by atoms with van der Waals surface area (Å²) >= 11 is 0. The van der Waals surface area contributed by atoms with Gasteiger partial charge in [-0.05, 0) is 30.7 Å². The smallest absolute Gasteiger partial charge is 0.241 e. The van der Waals surface area contributed by atoms with E-state index >= 15 is 0 Å². The van der Waals surface area contributed by atoms with Crippen LogP contribution in [0.2, 0.25) is 0 Å². The second-order valence-corrected chi connectivity index (χ2v) is 5.28. The van der Waals surface area contributed by atoms with Gasteiger partial charge in [-0.2, -0.15) is 0 Å². The minimum absolute atomic E-state index is 0.0146. The van der Waals surface area contributed by atoms with Crippen molar-refractivity contribution in [2.24, 2.45) is 0 Å². The maximum Gasteiger partial charge on any atom is 0.241 e. The fourth-order valence-electron chi connectivity index (χ4n) is 2.61. The third-order valence-corrected chi connectivity index (χ3v) is 3.66. The molecule has 1 aromatic rings. The monoisotopic (exact) mass is 274 g/mol. The minimum Gasteiger partial charge on any atom is -0.273 e. The first kappa shape index (κ1) is 14.6. The molecule has 1 atom stereocenters. The lowest BCUT2D eigenvalue weighted by Gasteiger charge is -2.21. The summed E-state index contributed by atoms with van der Waals surface area (Å²) < 4.78 is 0. The van der Waals surface area contributed by atoms with Crippen LogP contribution >= 0.6 is 0 Å². The Labute approximate surface area is 120 Å². The van der Waals surface area contributed by atoms with E-state index < -0.39 is 0 Å². The molecule has 108 valence electrons. The van der Waals surface area contributed by atoms with Crippen molar-refractivity contribution < 1.29 is 9.59 Å². The molecule has 4 nitrogen and oxygen atoms in total. The van der Waals surface area contributed by atoms with Crippen molar-refractivity contribution in [2.75, 3.05) is 6.54 Å². The van der Waals surface area contributed by atoms with Crippen molar-refractivity contribution in [3.8, 4) is 0 Å². The minimum atomic E-state index is -0.0704. The molecule has 0 saturated carbocycles. The highest BCUT2D eigenvalue weighted by Crippen LogP contribution is 2.27. The van der Waals surface area contributed by atoms with Crippen molar-refractivity contribution in [3.63, 3.8) is 0 Å². The summed E-state index contributed by atoms with van der Waals surface area (Å²) in [6, 6.07) is 10.1. The van der Waals surface area contributed by atoms with Crippen LogP contribution in [0.4, 0.5) is 0 Å². The van der Waals surface area contributed by atoms with Gasteiger partial charge in [-0.25, -0.2) is 0 Å². The van der Waals surface area contributed by atoms with Gasteiger partial charge in [0.05, 0.1) is 0 Å². The number of carbonyl (C=O) groups is 2. The van der Waals surface area contributed by atoms with Crippen LogP contribution in [-0.2, 0) is 9.59 Å². The molecule has 1 aliphatic heterocycles. The molecule has 1 saturated heterocycles. The molecule has 4 heteroatoms. The van der Waals surface area contributed by atoms with E-state index in [0.717, 1.165) is 19.3 Å². The van der Waals surface area contributed by atoms with Crippen molar-refractivity contribution in [1.29, 1.82) is 0 Å². The van der Waals surface area contributed by atoms with Gasteiger partial charge in [0.25, 0.3) is 0 Å². The number of hydrogen-bond acceptors (Lipinski definition) is 2. The van der Waals surface area contributed by atoms with Crippen molar-refractivity contribution in [1.82, 2.24) is 10.4 Å². The van der Waals surface area contributed by atoms with Gasteiger partial charge >= 0.3 is 0 Å². The zero-order valence-electron chi connectivity index (χ0n) is 12.0. The van der Waals surface area contributed by atoms with E-state index in [9.17, 15) is 9.59 Å². The van der Waals surface area contributed by atoms with Gasteiger partial charge in [-0.15, -0.1) is 0 Å². The van der Waals surface area contributed by atoms with Crippen LogP contribution < -0.4 is 5.43 Å². The van der Waals surface area contributed by atoms with E-state index in [4.69, 9.17) is 0 Å². The highest BCUT2D eigenvalue weighted by molar-refractivity contribution is 5.82. The first-order valence-electron chi connectivity index (χ1n) is 7.35. The van der Waals surface area contributed by atoms with Crippen LogP contribution in [0.15, 0.2) is 30.3 Å². The van der Waals surface area contributed by atoms with E-state index in [0.29, 0.717) is 19.4 Å². The average molecular weight is 274 g/mol. The fraction of sp³-hybridized carbons (Fsp3) is 0.500. The Bertz CT molecular complexity index is 459. The van der Waals surface area contributed by atoms with Gasteiger partial charge in [-0.1, -0.05) is 37.3 Å². The molecule has 1 aliphatic rings. The Morgan fingerprint density at radius 3 is 2.80 bits per heavy atom. The number of rotatable bonds is 4. The van der Waals surface area contributed by atoms with Gasteiger partial charge in [0, 0.05) is 19.4 Å². The summed E-state index contributed by atoms with van der Waals surface area (Å²) in [5, 5.41) is 1.50. The lowest BCUT2D eigenvalue weighted by Crippen LogP contribution is -2.45. The third-order valence-electron chi connectivity index (χ3n) is 3.66. The molecule has 0 spiro atoms. The van der Waals surface area contributed by atoms with Crippen molar-refractivity contribution in [2.45, 2.75) is 44.9 Å². The van der Waals surface area contributed by atoms with E-state index in [2.05, 4.69) is 17.6 Å². The van der Waals surface area contributed by atoms with Gasteiger partial charge in [0.1, 0.15) is 0 Å². The summed E-state index contributed by atoms with van der Waals surface area (Å²) in [6.45, 7) is 2.56. The van der Waals surface area contributed by atoms with Crippen LogP contribution in [0.25, 0.3) is 0 Å². The van der Waals surface area contributed by atoms with Gasteiger partial charge < -0.3 is 0 Å². The third kappa shape index (κ3) is 3.83. The molecule has 2 rings (SSSR count). The van der Waals surface area contributed by atoms with Crippen LogP contribution in [0, 0.1) is 0 Å². The highest BCUT2D eigenvalue weighted by Gasteiger charge is 2.25. The largest absolute Gasteiger partial charge is 0.273 e. The number of hydrogen-bond donors (Lipinski definition) is 1. The first-order chi connectivity index (χ1) is 9.70. The number of amides is 2. The predicted octanol–water partition coefficient (Wildman–Crippen LogP) is 2.61. The van der Waals surface area contributed by atoms with Crippen LogP contribution in [0.3, 0.4) is 0 Å². The van der Waals surface area contributed by atoms with E-state index in [-0.39, 0.29) is 17.7 Å². The number of hydrazine groups is 1. The summed E-state index contributed by atoms with van der Waals surface area (Å²) in [4.78, 5) is 23.9. The molecule has 0 radical (unpaired) electrons. The molecular formula is C16H22N2O2. The van der Waals surface area contributed by atoms with E-state index in [1.54, 1.807) is 0 Å². The number of nitrogens with zero attached hydrogens (tertiary/aromatic N) is 1. The first-order valence-corrected chi connectivity index (χ1v) is 7.35. The predicted molar refractivity (Wildman–Crippen MR) is 77.8 cm³/mol. The van der Waals surface area contributed by atoms with E-state index in [1.807, 2.05) is 25.1 Å². The quantitative estimate of drug-likeness (QED) is 0.917. The Hall–Kier alpha value is -1.84. The van der Waals surface area contributed by atoms with Crippen LogP contribution in [0.5, 0.6) is 0 Å². The standard InChI is InChI=1S/C16H22N2O2/c1-2-7-15(19)17-18-11-6-10-14(12-16(18)20)13-8-4-3-5-9-13/h3-5,8-9,14H,2,6-7,10-12H2,1H3,(H,17,19). The van der Waals surface area contributed by atoms with Crippen LogP contribution in [0.1, 0.15) is 50.5 Å². The fourth-order valence-corrected chi connectivity index (χ4v) is 2.61. The Kier molecular flexibility index (Phi) is 5.16. The van der Waals surface area contributed by atoms with Crippen molar-refractivity contribution >= 4 is 11.8 Å². The maximum atomic E-state index is 12.2. The SMILES string of the molecule is CCCC(=O)NN1CCCC(c2ccccc2)CC1=O. The lowest BCUT2D eigenvalue weighted by atomic mass is 9.92. The highest BCUT2D eigenvalue weighted by atomic mass is 16.2. The topological polar surface area (TPSA) is 49.4 Å². The number of carbonyl (C=O) groups excluding carboxylic acids is 2. The summed E-state index contributed by atoms with van der Waals surface area (Å²) in [6.07, 6.45) is 3.62. The van der Waals surface area contributed by atoms with Gasteiger partial charge in [-0.3, -0.25) is 20.0 Å². The molecule has 1 fully saturated rings. The molecule has 0 bridgehead atoms. The average Bonchev–Trinajstić information content (AvgIpc) is 2.63. The molecular weight excluding hydrogens is 252 g/mol. The zero-order chi connectivity index (χ0) is 14.4. The normalized spacial score (nSPS) is 19.6. The number of nitrogens with one attached hydrogen (secondary N) is 1. The van der Waals surface area contributed by atoms with E-state index in [1.165, 1.54) is 10.6 Å². The maximum absolute atomic E-state index is 12.2. The summed E-state index contributed by atoms with van der Waals surface area (Å²) in [5.74, 6) is 0.205. The molecule has 1 aromatic carbocycles. The summed E-state index contributed by atoms with van der Waals surface area (Å²) in [5.41, 5.74) is 3.94. The molecule has 2 amide bonds. The molecule has 20 heavy (non-hydrogen) atoms. The summed E-state index contributed by atoms with van der Waals surface area (Å²) in [7, 11) is 0. The second-order valence-electron chi connectivity index (χ2n) is 5.28. The van der Waals surface area contributed by atoms with Crippen molar-refractivity contribution in [3.05, 3.63) is 35.9 Å². The molecule has 0 aromatic heterocycles. The second kappa shape index (κ2) is 7.08. The van der Waals surface area contributed by atoms with Gasteiger partial charge in [0.15, 0.2) is 0 Å². The Balaban J connectivity index is 1.98. The Morgan fingerprint density at radius 1 is 1.35 bits per heavy atom. The van der Waals surface area contributed by atoms with Crippen LogP contribution in [-0.4, -0.2) is 23.4 Å². The number of benzene rings is 1. The molecule has 1 unspecified atom stereocenters. The zero-order valence-corrected chi connectivity index (χ0v) is 12.0. The molecule has 1 heterocycles. The Morgan fingerprint density at radius 2 is 2.10 bits per heavy atom. The molecule has 1 N–H and O–H groups in total. The van der Waals surface area contributed by atoms with Gasteiger partial charge in [0.2, 0.25) is 11.8 Å².